The molecule has 2 heteroatoms. The van der Waals surface area contributed by atoms with Gasteiger partial charge in [-0.3, -0.25) is 4.79 Å². The lowest BCUT2D eigenvalue weighted by Gasteiger charge is -2.12. The maximum Gasteiger partial charge on any atom is 0.310 e. The third kappa shape index (κ3) is 9.71. The molecule has 0 aromatic heterocycles. The summed E-state index contributed by atoms with van der Waals surface area (Å²) >= 11 is 0. The van der Waals surface area contributed by atoms with Gasteiger partial charge in [-0.2, -0.15) is 0 Å². The van der Waals surface area contributed by atoms with Crippen LogP contribution in [0.4, 0.5) is 0 Å². The number of allylic oxidation sites excluding steroid dienone is 2. The molecule has 21 heavy (non-hydrogen) atoms. The molecule has 0 unspecified atom stereocenters. The van der Waals surface area contributed by atoms with Gasteiger partial charge in [0.2, 0.25) is 0 Å². The molecular weight excluding hydrogens is 260 g/mol. The lowest BCUT2D eigenvalue weighted by atomic mass is 10.0. The van der Waals surface area contributed by atoms with Crippen molar-refractivity contribution >= 4 is 5.97 Å². The lowest BCUT2D eigenvalue weighted by Crippen LogP contribution is -2.04. The minimum atomic E-state index is -0.0913. The quantitative estimate of drug-likeness (QED) is 0.570. The van der Waals surface area contributed by atoms with Gasteiger partial charge in [-0.1, -0.05) is 71.6 Å². The predicted molar refractivity (Wildman–Crippen MR) is 89.0 cm³/mol. The highest BCUT2D eigenvalue weighted by Crippen LogP contribution is 2.20. The smallest absolute Gasteiger partial charge is 0.310 e. The van der Waals surface area contributed by atoms with E-state index < -0.39 is 0 Å². The zero-order chi connectivity index (χ0) is 15.3. The third-order valence-electron chi connectivity index (χ3n) is 4.34. The van der Waals surface area contributed by atoms with E-state index in [9.17, 15) is 4.79 Å². The molecule has 1 aliphatic carbocycles. The van der Waals surface area contributed by atoms with Crippen LogP contribution in [0.2, 0.25) is 0 Å². The second-order valence-corrected chi connectivity index (χ2v) is 6.51. The molecule has 0 fully saturated rings. The van der Waals surface area contributed by atoms with Crippen LogP contribution in [0.15, 0.2) is 11.8 Å². The van der Waals surface area contributed by atoms with Gasteiger partial charge in [-0.25, -0.2) is 0 Å². The van der Waals surface area contributed by atoms with E-state index in [-0.39, 0.29) is 5.97 Å². The molecule has 1 rings (SSSR count). The Morgan fingerprint density at radius 3 is 2.10 bits per heavy atom. The van der Waals surface area contributed by atoms with E-state index >= 15 is 0 Å². The summed E-state index contributed by atoms with van der Waals surface area (Å²) in [5, 5.41) is 0. The maximum atomic E-state index is 11.5. The highest BCUT2D eigenvalue weighted by Gasteiger charge is 2.08. The first-order valence-corrected chi connectivity index (χ1v) is 9.13. The average molecular weight is 294 g/mol. The van der Waals surface area contributed by atoms with Gasteiger partial charge in [-0.15, -0.1) is 0 Å². The standard InChI is InChI=1S/C19H34O2/c1-3-19(20)21-18-15-13-11-9-7-5-4-6-8-10-12-14-17(2)16-18/h16-17H,3-15H2,1-2H3/b18-16-/t17-/m1/s1. The predicted octanol–water partition coefficient (Wildman–Crippen LogP) is 6.15. The Balaban J connectivity index is 2.52. The van der Waals surface area contributed by atoms with Crippen LogP contribution in [0.5, 0.6) is 0 Å². The van der Waals surface area contributed by atoms with Crippen LogP contribution in [-0.2, 0) is 9.53 Å². The third-order valence-corrected chi connectivity index (χ3v) is 4.34. The fourth-order valence-electron chi connectivity index (χ4n) is 2.97. The molecule has 2 nitrogen and oxygen atoms in total. The van der Waals surface area contributed by atoms with E-state index in [1.54, 1.807) is 0 Å². The van der Waals surface area contributed by atoms with Gasteiger partial charge in [0, 0.05) is 12.8 Å². The van der Waals surface area contributed by atoms with Crippen molar-refractivity contribution in [1.29, 1.82) is 0 Å². The average Bonchev–Trinajstić information content (AvgIpc) is 2.47. The highest BCUT2D eigenvalue weighted by molar-refractivity contribution is 5.70. The summed E-state index contributed by atoms with van der Waals surface area (Å²) in [4.78, 5) is 11.5. The van der Waals surface area contributed by atoms with Crippen LogP contribution >= 0.6 is 0 Å². The van der Waals surface area contributed by atoms with Gasteiger partial charge in [0.05, 0.1) is 0 Å². The summed E-state index contributed by atoms with van der Waals surface area (Å²) in [5.74, 6) is 1.35. The van der Waals surface area contributed by atoms with Crippen molar-refractivity contribution in [3.63, 3.8) is 0 Å². The minimum Gasteiger partial charge on any atom is -0.431 e. The van der Waals surface area contributed by atoms with E-state index in [1.165, 1.54) is 64.2 Å². The molecule has 1 aliphatic rings. The molecule has 0 spiro atoms. The van der Waals surface area contributed by atoms with Crippen molar-refractivity contribution in [3.05, 3.63) is 11.8 Å². The van der Waals surface area contributed by atoms with E-state index in [4.69, 9.17) is 4.74 Å². The van der Waals surface area contributed by atoms with Crippen molar-refractivity contribution in [2.45, 2.75) is 97.3 Å². The van der Waals surface area contributed by atoms with Crippen LogP contribution in [-0.4, -0.2) is 5.97 Å². The molecule has 0 radical (unpaired) electrons. The second kappa shape index (κ2) is 11.8. The molecule has 0 amide bonds. The summed E-state index contributed by atoms with van der Waals surface area (Å²) < 4.78 is 5.52. The number of hydrogen-bond acceptors (Lipinski definition) is 2. The fourth-order valence-corrected chi connectivity index (χ4v) is 2.97. The van der Waals surface area contributed by atoms with Crippen LogP contribution in [0.3, 0.4) is 0 Å². The molecule has 0 saturated carbocycles. The van der Waals surface area contributed by atoms with Gasteiger partial charge in [0.15, 0.2) is 0 Å². The van der Waals surface area contributed by atoms with E-state index in [0.717, 1.165) is 18.6 Å². The Morgan fingerprint density at radius 1 is 1.00 bits per heavy atom. The molecule has 0 aromatic rings. The van der Waals surface area contributed by atoms with Crippen LogP contribution in [0.1, 0.15) is 97.3 Å². The van der Waals surface area contributed by atoms with E-state index in [1.807, 2.05) is 6.92 Å². The first kappa shape index (κ1) is 18.3. The zero-order valence-corrected chi connectivity index (χ0v) is 14.2. The minimum absolute atomic E-state index is 0.0913. The SMILES string of the molecule is CCC(=O)O/C1=C\[C@H](C)CCCCCCCCCCCC1. The van der Waals surface area contributed by atoms with Crippen molar-refractivity contribution in [3.8, 4) is 0 Å². The summed E-state index contributed by atoms with van der Waals surface area (Å²) in [6.45, 7) is 4.11. The van der Waals surface area contributed by atoms with Gasteiger partial charge in [-0.05, 0) is 24.8 Å². The van der Waals surface area contributed by atoms with Crippen molar-refractivity contribution in [1.82, 2.24) is 0 Å². The summed E-state index contributed by atoms with van der Waals surface area (Å²) in [6.07, 6.45) is 18.1. The Kier molecular flexibility index (Phi) is 10.3. The molecule has 0 aliphatic heterocycles. The van der Waals surface area contributed by atoms with Crippen LogP contribution < -0.4 is 0 Å². The Bertz CT molecular complexity index is 307. The maximum absolute atomic E-state index is 11.5. The van der Waals surface area contributed by atoms with Crippen molar-refractivity contribution in [2.24, 2.45) is 5.92 Å². The number of carbonyl (C=O) groups is 1. The van der Waals surface area contributed by atoms with E-state index in [0.29, 0.717) is 12.3 Å². The first-order valence-electron chi connectivity index (χ1n) is 9.13. The van der Waals surface area contributed by atoms with Gasteiger partial charge in [0.25, 0.3) is 0 Å². The number of hydrogen-bond donors (Lipinski definition) is 0. The lowest BCUT2D eigenvalue weighted by molar-refractivity contribution is -0.139. The number of esters is 1. The van der Waals surface area contributed by atoms with Crippen molar-refractivity contribution in [2.75, 3.05) is 0 Å². The zero-order valence-electron chi connectivity index (χ0n) is 14.2. The number of ether oxygens (including phenoxy) is 1. The fraction of sp³-hybridized carbons (Fsp3) is 0.842. The van der Waals surface area contributed by atoms with Gasteiger partial charge >= 0.3 is 5.97 Å². The summed E-state index contributed by atoms with van der Waals surface area (Å²) in [5.41, 5.74) is 0. The largest absolute Gasteiger partial charge is 0.431 e. The Labute approximate surface area is 131 Å². The summed E-state index contributed by atoms with van der Waals surface area (Å²) in [6, 6.07) is 0. The first-order chi connectivity index (χ1) is 10.2. The number of rotatable bonds is 2. The monoisotopic (exact) mass is 294 g/mol. The molecule has 122 valence electrons. The second-order valence-electron chi connectivity index (χ2n) is 6.51. The molecule has 0 heterocycles. The van der Waals surface area contributed by atoms with E-state index in [2.05, 4.69) is 13.0 Å². The van der Waals surface area contributed by atoms with Crippen LogP contribution in [0.25, 0.3) is 0 Å². The van der Waals surface area contributed by atoms with Crippen molar-refractivity contribution < 1.29 is 9.53 Å². The normalized spacial score (nSPS) is 26.0. The molecular formula is C19H34O2. The van der Waals surface area contributed by atoms with Gasteiger partial charge < -0.3 is 4.74 Å². The Morgan fingerprint density at radius 2 is 1.52 bits per heavy atom. The number of carbonyl (C=O) groups excluding carboxylic acids is 1. The molecule has 0 saturated heterocycles. The molecule has 0 N–H and O–H groups in total. The van der Waals surface area contributed by atoms with Crippen LogP contribution in [0, 0.1) is 5.92 Å². The highest BCUT2D eigenvalue weighted by atomic mass is 16.5. The van der Waals surface area contributed by atoms with Gasteiger partial charge in [0.1, 0.15) is 5.76 Å². The molecule has 0 bridgehead atoms. The summed E-state index contributed by atoms with van der Waals surface area (Å²) in [7, 11) is 0. The molecule has 0 aromatic carbocycles. The topological polar surface area (TPSA) is 26.3 Å². The molecule has 1 atom stereocenters. The Hall–Kier alpha value is -0.790.